The van der Waals surface area contributed by atoms with Crippen LogP contribution in [0.4, 0.5) is 0 Å². The van der Waals surface area contributed by atoms with Crippen LogP contribution in [0.25, 0.3) is 0 Å². The van der Waals surface area contributed by atoms with Crippen LogP contribution in [0.2, 0.25) is 0 Å². The molecule has 0 aliphatic carbocycles. The van der Waals surface area contributed by atoms with Crippen LogP contribution in [0.3, 0.4) is 0 Å². The Morgan fingerprint density at radius 1 is 1.43 bits per heavy atom. The van der Waals surface area contributed by atoms with Crippen molar-refractivity contribution in [1.29, 1.82) is 5.26 Å². The zero-order valence-corrected chi connectivity index (χ0v) is 12.6. The lowest BCUT2D eigenvalue weighted by molar-refractivity contribution is -0.145. The number of likely N-dealkylation sites (tertiary alicyclic amines) is 1. The van der Waals surface area contributed by atoms with Gasteiger partial charge >= 0.3 is 5.97 Å². The van der Waals surface area contributed by atoms with Gasteiger partial charge in [0.15, 0.2) is 0 Å². The summed E-state index contributed by atoms with van der Waals surface area (Å²) in [6, 6.07) is 7.40. The van der Waals surface area contributed by atoms with E-state index in [0.29, 0.717) is 32.5 Å². The van der Waals surface area contributed by atoms with Crippen molar-refractivity contribution < 1.29 is 14.7 Å². The van der Waals surface area contributed by atoms with E-state index in [1.165, 1.54) is 11.1 Å². The molecule has 0 bridgehead atoms. The lowest BCUT2D eigenvalue weighted by Gasteiger charge is -2.29. The highest BCUT2D eigenvalue weighted by molar-refractivity contribution is 5.97. The molecule has 1 aliphatic heterocycles. The van der Waals surface area contributed by atoms with E-state index in [0.717, 1.165) is 5.69 Å². The first-order chi connectivity index (χ1) is 11.1. The zero-order valence-electron chi connectivity index (χ0n) is 12.6. The molecular formula is C16H18N4O3. The van der Waals surface area contributed by atoms with Crippen molar-refractivity contribution in [2.45, 2.75) is 19.4 Å². The summed E-state index contributed by atoms with van der Waals surface area (Å²) >= 11 is 0. The van der Waals surface area contributed by atoms with Gasteiger partial charge in [0, 0.05) is 25.5 Å². The summed E-state index contributed by atoms with van der Waals surface area (Å²) < 4.78 is 0. The summed E-state index contributed by atoms with van der Waals surface area (Å²) in [5.41, 5.74) is 0.811. The summed E-state index contributed by atoms with van der Waals surface area (Å²) in [4.78, 5) is 28.9. The van der Waals surface area contributed by atoms with Crippen LogP contribution in [0, 0.1) is 17.2 Å². The van der Waals surface area contributed by atoms with Gasteiger partial charge in [0.1, 0.15) is 11.6 Å². The SMILES string of the molecule is N#C/C(=C/NCc1ccccn1)C(=O)N1CCC(C(=O)O)CC1. The Hall–Kier alpha value is -2.88. The number of carbonyl (C=O) groups excluding carboxylic acids is 1. The number of piperidine rings is 1. The Labute approximate surface area is 134 Å². The highest BCUT2D eigenvalue weighted by atomic mass is 16.4. The molecule has 1 aromatic rings. The summed E-state index contributed by atoms with van der Waals surface area (Å²) in [6.07, 6.45) is 3.90. The van der Waals surface area contributed by atoms with Crippen LogP contribution in [0.1, 0.15) is 18.5 Å². The van der Waals surface area contributed by atoms with E-state index < -0.39 is 11.9 Å². The number of carboxylic acids is 1. The number of carboxylic acid groups (broad SMARTS) is 1. The predicted molar refractivity (Wildman–Crippen MR) is 81.7 cm³/mol. The molecule has 0 aromatic carbocycles. The minimum absolute atomic E-state index is 0.00899. The van der Waals surface area contributed by atoms with Crippen molar-refractivity contribution in [3.8, 4) is 6.07 Å². The van der Waals surface area contributed by atoms with Crippen LogP contribution < -0.4 is 5.32 Å². The van der Waals surface area contributed by atoms with Crippen LogP contribution >= 0.6 is 0 Å². The maximum Gasteiger partial charge on any atom is 0.306 e. The molecule has 1 saturated heterocycles. The summed E-state index contributed by atoms with van der Waals surface area (Å²) in [6.45, 7) is 1.13. The molecule has 23 heavy (non-hydrogen) atoms. The molecular weight excluding hydrogens is 296 g/mol. The quantitative estimate of drug-likeness (QED) is 0.618. The fraction of sp³-hybridized carbons (Fsp3) is 0.375. The summed E-state index contributed by atoms with van der Waals surface area (Å²) in [7, 11) is 0. The number of nitrogens with one attached hydrogen (secondary N) is 1. The zero-order chi connectivity index (χ0) is 16.7. The summed E-state index contributed by atoms with van der Waals surface area (Å²) in [5, 5.41) is 21.0. The van der Waals surface area contributed by atoms with E-state index >= 15 is 0 Å². The van der Waals surface area contributed by atoms with Crippen molar-refractivity contribution >= 4 is 11.9 Å². The molecule has 2 heterocycles. The Balaban J connectivity index is 1.90. The number of nitrogens with zero attached hydrogens (tertiary/aromatic N) is 3. The number of pyridine rings is 1. The van der Waals surface area contributed by atoms with Crippen molar-refractivity contribution in [2.75, 3.05) is 13.1 Å². The number of hydrogen-bond donors (Lipinski definition) is 2. The van der Waals surface area contributed by atoms with E-state index in [4.69, 9.17) is 10.4 Å². The maximum absolute atomic E-state index is 12.3. The second-order valence-electron chi connectivity index (χ2n) is 5.28. The van der Waals surface area contributed by atoms with Crippen molar-refractivity contribution in [3.63, 3.8) is 0 Å². The number of carbonyl (C=O) groups is 2. The van der Waals surface area contributed by atoms with Gasteiger partial charge in [0.05, 0.1) is 18.2 Å². The molecule has 2 N–H and O–H groups in total. The van der Waals surface area contributed by atoms with Crippen LogP contribution in [0.5, 0.6) is 0 Å². The average molecular weight is 314 g/mol. The number of rotatable bonds is 5. The van der Waals surface area contributed by atoms with Gasteiger partial charge in [-0.15, -0.1) is 0 Å². The lowest BCUT2D eigenvalue weighted by Crippen LogP contribution is -2.41. The normalized spacial score (nSPS) is 15.8. The Bertz CT molecular complexity index is 628. The van der Waals surface area contributed by atoms with E-state index in [1.54, 1.807) is 6.20 Å². The highest BCUT2D eigenvalue weighted by Gasteiger charge is 2.28. The Morgan fingerprint density at radius 2 is 2.17 bits per heavy atom. The minimum Gasteiger partial charge on any atom is -0.481 e. The number of amides is 1. The maximum atomic E-state index is 12.3. The molecule has 2 rings (SSSR count). The van der Waals surface area contributed by atoms with E-state index in [2.05, 4.69) is 10.3 Å². The van der Waals surface area contributed by atoms with E-state index in [9.17, 15) is 9.59 Å². The Kier molecular flexibility index (Phi) is 5.69. The predicted octanol–water partition coefficient (Wildman–Crippen LogP) is 0.902. The first kappa shape index (κ1) is 16.5. The molecule has 1 amide bonds. The molecule has 1 aromatic heterocycles. The largest absolute Gasteiger partial charge is 0.481 e. The molecule has 1 aliphatic rings. The van der Waals surface area contributed by atoms with Crippen molar-refractivity contribution in [3.05, 3.63) is 41.9 Å². The van der Waals surface area contributed by atoms with Gasteiger partial charge in [-0.2, -0.15) is 5.26 Å². The number of nitriles is 1. The van der Waals surface area contributed by atoms with Gasteiger partial charge in [-0.05, 0) is 25.0 Å². The number of hydrogen-bond acceptors (Lipinski definition) is 5. The molecule has 7 heteroatoms. The first-order valence-corrected chi connectivity index (χ1v) is 7.37. The number of aromatic nitrogens is 1. The van der Waals surface area contributed by atoms with Crippen LogP contribution in [-0.4, -0.2) is 40.0 Å². The van der Waals surface area contributed by atoms with Gasteiger partial charge in [-0.25, -0.2) is 0 Å². The fourth-order valence-corrected chi connectivity index (χ4v) is 2.40. The molecule has 1 fully saturated rings. The molecule has 0 saturated carbocycles. The molecule has 0 radical (unpaired) electrons. The minimum atomic E-state index is -0.829. The van der Waals surface area contributed by atoms with E-state index in [1.807, 2.05) is 24.3 Å². The second kappa shape index (κ2) is 7.94. The summed E-state index contributed by atoms with van der Waals surface area (Å²) in [5.74, 6) is -1.61. The second-order valence-corrected chi connectivity index (χ2v) is 5.28. The van der Waals surface area contributed by atoms with Gasteiger partial charge in [-0.1, -0.05) is 6.07 Å². The third-order valence-corrected chi connectivity index (χ3v) is 3.74. The van der Waals surface area contributed by atoms with Crippen molar-refractivity contribution in [1.82, 2.24) is 15.2 Å². The van der Waals surface area contributed by atoms with E-state index in [-0.39, 0.29) is 11.5 Å². The van der Waals surface area contributed by atoms with Gasteiger partial charge in [0.25, 0.3) is 5.91 Å². The van der Waals surface area contributed by atoms with Crippen LogP contribution in [0.15, 0.2) is 36.2 Å². The van der Waals surface area contributed by atoms with Crippen LogP contribution in [-0.2, 0) is 16.1 Å². The van der Waals surface area contributed by atoms with Crippen molar-refractivity contribution in [2.24, 2.45) is 5.92 Å². The Morgan fingerprint density at radius 3 is 2.74 bits per heavy atom. The average Bonchev–Trinajstić information content (AvgIpc) is 2.59. The third kappa shape index (κ3) is 4.54. The first-order valence-electron chi connectivity index (χ1n) is 7.37. The highest BCUT2D eigenvalue weighted by Crippen LogP contribution is 2.18. The number of aliphatic carboxylic acids is 1. The smallest absolute Gasteiger partial charge is 0.306 e. The van der Waals surface area contributed by atoms with Gasteiger partial charge in [0.2, 0.25) is 0 Å². The molecule has 0 atom stereocenters. The molecule has 0 unspecified atom stereocenters. The molecule has 0 spiro atoms. The fourth-order valence-electron chi connectivity index (χ4n) is 2.40. The lowest BCUT2D eigenvalue weighted by atomic mass is 9.97. The monoisotopic (exact) mass is 314 g/mol. The topological polar surface area (TPSA) is 106 Å². The standard InChI is InChI=1S/C16H18N4O3/c17-9-13(10-18-11-14-3-1-2-6-19-14)15(21)20-7-4-12(5-8-20)16(22)23/h1-3,6,10,12,18H,4-5,7-8,11H2,(H,22,23)/b13-10-. The van der Waals surface area contributed by atoms with Gasteiger partial charge in [-0.3, -0.25) is 14.6 Å². The molecule has 7 nitrogen and oxygen atoms in total. The third-order valence-electron chi connectivity index (χ3n) is 3.74. The molecule has 120 valence electrons. The van der Waals surface area contributed by atoms with Gasteiger partial charge < -0.3 is 15.3 Å².